The van der Waals surface area contributed by atoms with E-state index in [4.69, 9.17) is 9.15 Å². The molecule has 154 valence electrons. The third kappa shape index (κ3) is 4.59. The van der Waals surface area contributed by atoms with Crippen LogP contribution < -0.4 is 15.4 Å². The van der Waals surface area contributed by atoms with Gasteiger partial charge in [0.15, 0.2) is 0 Å². The van der Waals surface area contributed by atoms with E-state index in [1.165, 1.54) is 6.26 Å². The zero-order chi connectivity index (χ0) is 21.0. The lowest BCUT2D eigenvalue weighted by atomic mass is 9.93. The summed E-state index contributed by atoms with van der Waals surface area (Å²) in [5.41, 5.74) is -0.0262. The van der Waals surface area contributed by atoms with E-state index in [0.717, 1.165) is 16.2 Å². The number of methoxy groups -OCH3 is 1. The van der Waals surface area contributed by atoms with Crippen LogP contribution in [0.5, 0.6) is 5.75 Å². The van der Waals surface area contributed by atoms with Crippen molar-refractivity contribution in [2.45, 2.75) is 38.3 Å². The van der Waals surface area contributed by atoms with Crippen LogP contribution >= 0.6 is 0 Å². The summed E-state index contributed by atoms with van der Waals surface area (Å²) in [6.07, 6.45) is 2.54. The molecule has 1 saturated heterocycles. The standard InChI is InChI=1S/C21H25N3O5/c1-14(17-5-4-12-29-17)22-18(25)13-24-19(26)21(2,23-20(24)27)11-10-15-6-8-16(28-3)9-7-15/h4-9,12,14H,10-11,13H2,1-3H3,(H,22,25)(H,23,27)/t14-,21-/m0/s1. The molecule has 1 aromatic carbocycles. The van der Waals surface area contributed by atoms with Crippen molar-refractivity contribution < 1.29 is 23.5 Å². The van der Waals surface area contributed by atoms with Gasteiger partial charge in [0.2, 0.25) is 5.91 Å². The molecule has 8 heteroatoms. The third-order valence-corrected chi connectivity index (χ3v) is 5.07. The van der Waals surface area contributed by atoms with Crippen LogP contribution in [0, 0.1) is 0 Å². The SMILES string of the molecule is COc1ccc(CC[C@]2(C)NC(=O)N(CC(=O)N[C@@H](C)c3ccco3)C2=O)cc1. The predicted octanol–water partition coefficient (Wildman–Crippen LogP) is 2.41. The molecule has 0 aliphatic carbocycles. The maximum atomic E-state index is 12.8. The molecule has 0 saturated carbocycles. The highest BCUT2D eigenvalue weighted by Crippen LogP contribution is 2.24. The van der Waals surface area contributed by atoms with Crippen molar-refractivity contribution in [1.29, 1.82) is 0 Å². The molecule has 8 nitrogen and oxygen atoms in total. The minimum atomic E-state index is -1.05. The van der Waals surface area contributed by atoms with Crippen LogP contribution in [0.25, 0.3) is 0 Å². The number of nitrogens with one attached hydrogen (secondary N) is 2. The van der Waals surface area contributed by atoms with Gasteiger partial charge in [0.05, 0.1) is 19.4 Å². The van der Waals surface area contributed by atoms with Gasteiger partial charge in [0, 0.05) is 0 Å². The molecule has 4 amide bonds. The van der Waals surface area contributed by atoms with Crippen LogP contribution in [0.4, 0.5) is 4.79 Å². The Balaban J connectivity index is 1.58. The summed E-state index contributed by atoms with van der Waals surface area (Å²) >= 11 is 0. The maximum absolute atomic E-state index is 12.8. The molecule has 1 aliphatic rings. The Labute approximate surface area is 169 Å². The molecule has 2 aromatic rings. The maximum Gasteiger partial charge on any atom is 0.325 e. The Hall–Kier alpha value is -3.29. The summed E-state index contributed by atoms with van der Waals surface area (Å²) in [5.74, 6) is 0.514. The van der Waals surface area contributed by atoms with Crippen molar-refractivity contribution in [3.8, 4) is 5.75 Å². The van der Waals surface area contributed by atoms with Crippen LogP contribution in [0.15, 0.2) is 47.1 Å². The van der Waals surface area contributed by atoms with Gasteiger partial charge in [-0.1, -0.05) is 12.1 Å². The molecule has 0 radical (unpaired) electrons. The molecule has 29 heavy (non-hydrogen) atoms. The monoisotopic (exact) mass is 399 g/mol. The number of hydrogen-bond acceptors (Lipinski definition) is 5. The molecule has 3 rings (SSSR count). The summed E-state index contributed by atoms with van der Waals surface area (Å²) in [6, 6.07) is 10.1. The minimum Gasteiger partial charge on any atom is -0.497 e. The van der Waals surface area contributed by atoms with Crippen molar-refractivity contribution >= 4 is 17.8 Å². The average Bonchev–Trinajstić information content (AvgIpc) is 3.31. The van der Waals surface area contributed by atoms with Gasteiger partial charge >= 0.3 is 6.03 Å². The lowest BCUT2D eigenvalue weighted by Gasteiger charge is -2.22. The first-order valence-electron chi connectivity index (χ1n) is 9.42. The van der Waals surface area contributed by atoms with E-state index in [1.54, 1.807) is 33.1 Å². The topological polar surface area (TPSA) is 101 Å². The van der Waals surface area contributed by atoms with Crippen LogP contribution in [0.3, 0.4) is 0 Å². The summed E-state index contributed by atoms with van der Waals surface area (Å²) in [4.78, 5) is 38.4. The van der Waals surface area contributed by atoms with Gasteiger partial charge in [-0.25, -0.2) is 4.79 Å². The highest BCUT2D eigenvalue weighted by Gasteiger charge is 2.47. The fourth-order valence-electron chi connectivity index (χ4n) is 3.29. The molecule has 1 aromatic heterocycles. The highest BCUT2D eigenvalue weighted by atomic mass is 16.5. The van der Waals surface area contributed by atoms with Crippen molar-refractivity contribution in [2.75, 3.05) is 13.7 Å². The number of rotatable bonds is 8. The van der Waals surface area contributed by atoms with E-state index >= 15 is 0 Å². The van der Waals surface area contributed by atoms with Crippen molar-refractivity contribution in [1.82, 2.24) is 15.5 Å². The van der Waals surface area contributed by atoms with E-state index < -0.39 is 23.4 Å². The number of ether oxygens (including phenoxy) is 1. The van der Waals surface area contributed by atoms with Crippen molar-refractivity contribution in [3.63, 3.8) is 0 Å². The number of benzene rings is 1. The van der Waals surface area contributed by atoms with E-state index in [-0.39, 0.29) is 12.6 Å². The normalized spacial score (nSPS) is 19.8. The Morgan fingerprint density at radius 3 is 2.62 bits per heavy atom. The molecule has 2 N–H and O–H groups in total. The fourth-order valence-corrected chi connectivity index (χ4v) is 3.29. The molecule has 0 bridgehead atoms. The lowest BCUT2D eigenvalue weighted by Crippen LogP contribution is -2.45. The molecular weight excluding hydrogens is 374 g/mol. The number of hydrogen-bond donors (Lipinski definition) is 2. The first kappa shape index (κ1) is 20.4. The molecular formula is C21H25N3O5. The highest BCUT2D eigenvalue weighted by molar-refractivity contribution is 6.08. The van der Waals surface area contributed by atoms with E-state index in [9.17, 15) is 14.4 Å². The summed E-state index contributed by atoms with van der Waals surface area (Å²) < 4.78 is 10.4. The predicted molar refractivity (Wildman–Crippen MR) is 105 cm³/mol. The summed E-state index contributed by atoms with van der Waals surface area (Å²) in [7, 11) is 1.60. The zero-order valence-electron chi connectivity index (χ0n) is 16.7. The largest absolute Gasteiger partial charge is 0.497 e. The van der Waals surface area contributed by atoms with Gasteiger partial charge in [-0.05, 0) is 56.5 Å². The fraction of sp³-hybridized carbons (Fsp3) is 0.381. The number of imide groups is 1. The molecule has 1 aliphatic heterocycles. The number of amides is 4. The van der Waals surface area contributed by atoms with E-state index in [1.807, 2.05) is 24.3 Å². The van der Waals surface area contributed by atoms with Crippen LogP contribution in [0.1, 0.15) is 37.6 Å². The van der Waals surface area contributed by atoms with Gasteiger partial charge in [-0.2, -0.15) is 0 Å². The van der Waals surface area contributed by atoms with Gasteiger partial charge in [-0.15, -0.1) is 0 Å². The molecule has 2 atom stereocenters. The molecule has 2 heterocycles. The Kier molecular flexibility index (Phi) is 5.91. The number of aryl methyl sites for hydroxylation is 1. The second kappa shape index (κ2) is 8.38. The van der Waals surface area contributed by atoms with E-state index in [2.05, 4.69) is 10.6 Å². The second-order valence-corrected chi connectivity index (χ2v) is 7.31. The van der Waals surface area contributed by atoms with E-state index in [0.29, 0.717) is 18.6 Å². The van der Waals surface area contributed by atoms with Gasteiger partial charge < -0.3 is 19.8 Å². The number of carbonyl (C=O) groups excluding carboxylic acids is 3. The minimum absolute atomic E-state index is 0.339. The quantitative estimate of drug-likeness (QED) is 0.664. The number of furan rings is 1. The smallest absolute Gasteiger partial charge is 0.325 e. The third-order valence-electron chi connectivity index (χ3n) is 5.07. The second-order valence-electron chi connectivity index (χ2n) is 7.31. The average molecular weight is 399 g/mol. The Bertz CT molecular complexity index is 878. The number of urea groups is 1. The first-order valence-corrected chi connectivity index (χ1v) is 9.42. The van der Waals surface area contributed by atoms with Crippen molar-refractivity contribution in [3.05, 3.63) is 54.0 Å². The Morgan fingerprint density at radius 1 is 1.28 bits per heavy atom. The first-order chi connectivity index (χ1) is 13.8. The van der Waals surface area contributed by atoms with Gasteiger partial charge in [-0.3, -0.25) is 14.5 Å². The van der Waals surface area contributed by atoms with Crippen LogP contribution in [-0.4, -0.2) is 41.9 Å². The summed E-state index contributed by atoms with van der Waals surface area (Å²) in [5, 5.41) is 5.45. The van der Waals surface area contributed by atoms with Crippen LogP contribution in [-0.2, 0) is 16.0 Å². The zero-order valence-corrected chi connectivity index (χ0v) is 16.7. The van der Waals surface area contributed by atoms with Crippen molar-refractivity contribution in [2.24, 2.45) is 0 Å². The molecule has 0 spiro atoms. The number of nitrogens with zero attached hydrogens (tertiary/aromatic N) is 1. The number of carbonyl (C=O) groups is 3. The molecule has 1 fully saturated rings. The lowest BCUT2D eigenvalue weighted by molar-refractivity contribution is -0.135. The Morgan fingerprint density at radius 2 is 2.00 bits per heavy atom. The molecule has 0 unspecified atom stereocenters. The van der Waals surface area contributed by atoms with Gasteiger partial charge in [0.1, 0.15) is 23.6 Å². The van der Waals surface area contributed by atoms with Crippen LogP contribution in [0.2, 0.25) is 0 Å². The summed E-state index contributed by atoms with van der Waals surface area (Å²) in [6.45, 7) is 3.11. The van der Waals surface area contributed by atoms with Gasteiger partial charge in [0.25, 0.3) is 5.91 Å².